The summed E-state index contributed by atoms with van der Waals surface area (Å²) >= 11 is 0. The summed E-state index contributed by atoms with van der Waals surface area (Å²) in [4.78, 5) is 3.26. The van der Waals surface area contributed by atoms with Crippen molar-refractivity contribution in [3.05, 3.63) is 48.3 Å². The number of aromatic nitrogens is 1. The number of hydrogen-bond acceptors (Lipinski definition) is 5. The summed E-state index contributed by atoms with van der Waals surface area (Å²) in [5.41, 5.74) is -0.900. The zero-order valence-electron chi connectivity index (χ0n) is 12.9. The zero-order chi connectivity index (χ0) is 18.7. The number of pyridine rings is 1. The standard InChI is InChI=1S/C15H14F3N3O3S/c1-2-14(22)21-25(23,24)13-9-19-7-6-12(13)20-11-5-3-4-10(8-11)15(16,17)18/h3-9H,2H2,1H3,(H,19,20)(H,21,22)/p-1. The predicted molar refractivity (Wildman–Crippen MR) is 83.9 cm³/mol. The molecule has 134 valence electrons. The van der Waals surface area contributed by atoms with Crippen molar-refractivity contribution in [3.63, 3.8) is 0 Å². The van der Waals surface area contributed by atoms with E-state index in [4.69, 9.17) is 0 Å². The zero-order valence-corrected chi connectivity index (χ0v) is 13.7. The molecule has 2 rings (SSSR count). The second-order valence-electron chi connectivity index (χ2n) is 4.89. The van der Waals surface area contributed by atoms with Crippen LogP contribution in [0.5, 0.6) is 0 Å². The normalized spacial score (nSPS) is 12.9. The van der Waals surface area contributed by atoms with Crippen LogP contribution in [-0.4, -0.2) is 19.3 Å². The summed E-state index contributed by atoms with van der Waals surface area (Å²) < 4.78 is 65.8. The first-order valence-corrected chi connectivity index (χ1v) is 8.46. The summed E-state index contributed by atoms with van der Waals surface area (Å²) in [5.74, 6) is -0.839. The van der Waals surface area contributed by atoms with Crippen molar-refractivity contribution in [1.82, 2.24) is 4.98 Å². The van der Waals surface area contributed by atoms with E-state index in [0.29, 0.717) is 0 Å². The van der Waals surface area contributed by atoms with E-state index in [1.165, 1.54) is 31.3 Å². The van der Waals surface area contributed by atoms with Crippen LogP contribution in [0.4, 0.5) is 24.5 Å². The SMILES string of the molecule is CCC([O-])=NS(=O)(=O)c1cnccc1Nc1cccc(C(F)(F)F)c1. The lowest BCUT2D eigenvalue weighted by molar-refractivity contribution is -0.217. The number of anilines is 2. The highest BCUT2D eigenvalue weighted by molar-refractivity contribution is 7.90. The summed E-state index contributed by atoms with van der Waals surface area (Å²) in [6, 6.07) is 5.53. The van der Waals surface area contributed by atoms with Crippen LogP contribution >= 0.6 is 0 Å². The molecule has 0 spiro atoms. The smallest absolute Gasteiger partial charge is 0.416 e. The van der Waals surface area contributed by atoms with E-state index in [9.17, 15) is 26.7 Å². The van der Waals surface area contributed by atoms with Crippen LogP contribution in [0.1, 0.15) is 18.9 Å². The van der Waals surface area contributed by atoms with Gasteiger partial charge in [-0.1, -0.05) is 13.0 Å². The molecule has 10 heteroatoms. The molecule has 2 aromatic rings. The van der Waals surface area contributed by atoms with Gasteiger partial charge in [-0.3, -0.25) is 4.98 Å². The molecule has 0 aliphatic carbocycles. The van der Waals surface area contributed by atoms with Crippen molar-refractivity contribution in [2.75, 3.05) is 5.32 Å². The first-order valence-electron chi connectivity index (χ1n) is 7.02. The third kappa shape index (κ3) is 4.69. The largest absolute Gasteiger partial charge is 0.861 e. The number of sulfonamides is 1. The molecule has 0 unspecified atom stereocenters. The number of nitrogens with one attached hydrogen (secondary N) is 1. The Bertz CT molecular complexity index is 896. The molecule has 0 aliphatic heterocycles. The molecule has 0 amide bonds. The first kappa shape index (κ1) is 18.7. The van der Waals surface area contributed by atoms with E-state index in [0.717, 1.165) is 18.3 Å². The van der Waals surface area contributed by atoms with Gasteiger partial charge in [0.15, 0.2) is 0 Å². The monoisotopic (exact) mass is 372 g/mol. The van der Waals surface area contributed by atoms with Gasteiger partial charge in [-0.15, -0.1) is 0 Å². The molecule has 1 heterocycles. The number of nitrogens with zero attached hydrogens (tertiary/aromatic N) is 2. The van der Waals surface area contributed by atoms with Gasteiger partial charge in [0.2, 0.25) is 0 Å². The molecular formula is C15H13F3N3O3S-. The highest BCUT2D eigenvalue weighted by atomic mass is 32.2. The molecule has 1 N–H and O–H groups in total. The van der Waals surface area contributed by atoms with Gasteiger partial charge in [-0.05, 0) is 36.6 Å². The van der Waals surface area contributed by atoms with Crippen molar-refractivity contribution in [2.24, 2.45) is 4.40 Å². The van der Waals surface area contributed by atoms with Crippen molar-refractivity contribution in [3.8, 4) is 0 Å². The average molecular weight is 372 g/mol. The second kappa shape index (κ2) is 7.09. The van der Waals surface area contributed by atoms with E-state index in [2.05, 4.69) is 14.7 Å². The van der Waals surface area contributed by atoms with E-state index >= 15 is 0 Å². The van der Waals surface area contributed by atoms with E-state index in [1.807, 2.05) is 0 Å². The van der Waals surface area contributed by atoms with Crippen LogP contribution in [-0.2, 0) is 16.2 Å². The van der Waals surface area contributed by atoms with Gasteiger partial charge in [0.05, 0.1) is 11.3 Å². The molecule has 0 fully saturated rings. The van der Waals surface area contributed by atoms with Crippen LogP contribution in [0, 0.1) is 0 Å². The Balaban J connectivity index is 2.43. The molecule has 0 aliphatic rings. The lowest BCUT2D eigenvalue weighted by atomic mass is 10.2. The first-order chi connectivity index (χ1) is 11.6. The minimum Gasteiger partial charge on any atom is -0.861 e. The molecule has 0 bridgehead atoms. The molecule has 0 saturated heterocycles. The summed E-state index contributed by atoms with van der Waals surface area (Å²) in [6.45, 7) is 1.45. The molecule has 1 aromatic heterocycles. The van der Waals surface area contributed by atoms with Gasteiger partial charge >= 0.3 is 6.18 Å². The highest BCUT2D eigenvalue weighted by Crippen LogP contribution is 2.32. The fourth-order valence-corrected chi connectivity index (χ4v) is 2.95. The van der Waals surface area contributed by atoms with E-state index < -0.39 is 32.6 Å². The molecule has 0 radical (unpaired) electrons. The maximum Gasteiger partial charge on any atom is 0.416 e. The molecule has 25 heavy (non-hydrogen) atoms. The Morgan fingerprint density at radius 3 is 2.68 bits per heavy atom. The maximum absolute atomic E-state index is 12.8. The fourth-order valence-electron chi connectivity index (χ4n) is 1.87. The molecule has 0 atom stereocenters. The maximum atomic E-state index is 12.8. The lowest BCUT2D eigenvalue weighted by Crippen LogP contribution is -2.18. The van der Waals surface area contributed by atoms with Gasteiger partial charge in [-0.25, -0.2) is 0 Å². The topological polar surface area (TPSA) is 94.5 Å². The minimum absolute atomic E-state index is 0.0271. The van der Waals surface area contributed by atoms with Gasteiger partial charge < -0.3 is 10.4 Å². The summed E-state index contributed by atoms with van der Waals surface area (Å²) in [5, 5.41) is 13.9. The third-order valence-electron chi connectivity index (χ3n) is 3.06. The summed E-state index contributed by atoms with van der Waals surface area (Å²) in [6.07, 6.45) is -2.40. The average Bonchev–Trinajstić information content (AvgIpc) is 2.54. The van der Waals surface area contributed by atoms with Gasteiger partial charge in [0.1, 0.15) is 4.90 Å². The number of hydrogen-bond donors (Lipinski definition) is 1. The number of alkyl halides is 3. The van der Waals surface area contributed by atoms with Crippen molar-refractivity contribution < 1.29 is 26.7 Å². The Morgan fingerprint density at radius 1 is 1.32 bits per heavy atom. The Labute approximate surface area is 142 Å². The Morgan fingerprint density at radius 2 is 2.04 bits per heavy atom. The summed E-state index contributed by atoms with van der Waals surface area (Å²) in [7, 11) is -4.33. The second-order valence-corrected chi connectivity index (χ2v) is 6.46. The molecular weight excluding hydrogens is 359 g/mol. The van der Waals surface area contributed by atoms with Crippen molar-refractivity contribution in [1.29, 1.82) is 0 Å². The molecule has 0 saturated carbocycles. The van der Waals surface area contributed by atoms with E-state index in [1.54, 1.807) is 0 Å². The van der Waals surface area contributed by atoms with Crippen LogP contribution in [0.25, 0.3) is 0 Å². The van der Waals surface area contributed by atoms with Crippen molar-refractivity contribution in [2.45, 2.75) is 24.4 Å². The Hall–Kier alpha value is -2.62. The molecule has 1 aromatic carbocycles. The van der Waals surface area contributed by atoms with Crippen LogP contribution < -0.4 is 10.4 Å². The predicted octanol–water partition coefficient (Wildman–Crippen LogP) is 2.70. The van der Waals surface area contributed by atoms with Crippen LogP contribution in [0.15, 0.2) is 52.0 Å². The van der Waals surface area contributed by atoms with Gasteiger partial charge in [-0.2, -0.15) is 26.0 Å². The highest BCUT2D eigenvalue weighted by Gasteiger charge is 2.30. The van der Waals surface area contributed by atoms with Gasteiger partial charge in [0.25, 0.3) is 10.0 Å². The number of rotatable bonds is 5. The van der Waals surface area contributed by atoms with E-state index in [-0.39, 0.29) is 17.8 Å². The third-order valence-corrected chi connectivity index (χ3v) is 4.38. The van der Waals surface area contributed by atoms with Crippen LogP contribution in [0.2, 0.25) is 0 Å². The minimum atomic E-state index is -4.53. The van der Waals surface area contributed by atoms with Gasteiger partial charge in [0, 0.05) is 18.1 Å². The van der Waals surface area contributed by atoms with Crippen molar-refractivity contribution >= 4 is 27.3 Å². The fraction of sp³-hybridized carbons (Fsp3) is 0.200. The lowest BCUT2D eigenvalue weighted by Gasteiger charge is -2.13. The van der Waals surface area contributed by atoms with Crippen LogP contribution in [0.3, 0.4) is 0 Å². The Kier molecular flexibility index (Phi) is 5.31. The number of benzene rings is 1. The molecule has 6 nitrogen and oxygen atoms in total. The number of halogens is 3. The quantitative estimate of drug-likeness (QED) is 0.643.